The van der Waals surface area contributed by atoms with Gasteiger partial charge in [-0.2, -0.15) is 4.31 Å². The van der Waals surface area contributed by atoms with Gasteiger partial charge in [-0.3, -0.25) is 23.4 Å². The van der Waals surface area contributed by atoms with Gasteiger partial charge < -0.3 is 39.2 Å². The molecule has 0 aromatic carbocycles. The smallest absolute Gasteiger partial charge is 0.387 e. The van der Waals surface area contributed by atoms with Gasteiger partial charge in [0.05, 0.1) is 6.61 Å². The molecule has 1 aromatic rings. The standard InChI is InChI=1S/C9H17N3O17P4/c13-5-1-2-12(9(15)10-5)8-7(6(14)4(27-8)3-26-32(20,21)22)28-30(16,17)11-31(18,19)29-33(23,24)25/h1-2,4,6-8,14H,3H2,(H,10,13,15)(H2,20,21,22)(H2,23,24,25)(H3,11,16,17,18,19)/t4-,6-,7-,8-/m1/s1. The van der Waals surface area contributed by atoms with Crippen LogP contribution in [0, 0.1) is 0 Å². The van der Waals surface area contributed by atoms with Gasteiger partial charge in [0.1, 0.15) is 18.3 Å². The minimum absolute atomic E-state index is 0.525. The maximum Gasteiger partial charge on any atom is 0.477 e. The predicted octanol–water partition coefficient (Wildman–Crippen LogP) is -2.81. The molecule has 190 valence electrons. The van der Waals surface area contributed by atoms with Crippen molar-refractivity contribution in [3.05, 3.63) is 33.1 Å². The third-order valence-electron chi connectivity index (χ3n) is 3.58. The molecule has 0 bridgehead atoms. The van der Waals surface area contributed by atoms with Gasteiger partial charge in [-0.15, -0.1) is 4.86 Å². The average Bonchev–Trinajstić information content (AvgIpc) is 2.84. The van der Waals surface area contributed by atoms with Crippen LogP contribution in [0.2, 0.25) is 0 Å². The highest BCUT2D eigenvalue weighted by Gasteiger charge is 2.51. The van der Waals surface area contributed by atoms with Gasteiger partial charge in [0, 0.05) is 12.3 Å². The van der Waals surface area contributed by atoms with E-state index in [0.29, 0.717) is 4.57 Å². The first-order valence-electron chi connectivity index (χ1n) is 8.04. The summed E-state index contributed by atoms with van der Waals surface area (Å²) in [7, 11) is -22.0. The molecule has 0 spiro atoms. The Morgan fingerprint density at radius 2 is 1.64 bits per heavy atom. The highest BCUT2D eigenvalue weighted by molar-refractivity contribution is 7.70. The van der Waals surface area contributed by atoms with Crippen LogP contribution in [0.1, 0.15) is 6.23 Å². The highest BCUT2D eigenvalue weighted by atomic mass is 31.3. The average molecular weight is 563 g/mol. The number of nitrogens with one attached hydrogen (secondary N) is 2. The van der Waals surface area contributed by atoms with E-state index in [9.17, 15) is 42.7 Å². The van der Waals surface area contributed by atoms with Gasteiger partial charge in [-0.1, -0.05) is 0 Å². The summed E-state index contributed by atoms with van der Waals surface area (Å²) in [4.78, 5) is 79.9. The minimum atomic E-state index is -5.69. The molecule has 0 amide bonds. The van der Waals surface area contributed by atoms with Gasteiger partial charge in [-0.25, -0.2) is 23.1 Å². The van der Waals surface area contributed by atoms with Crippen LogP contribution in [0.15, 0.2) is 21.9 Å². The maximum atomic E-state index is 12.2. The second kappa shape index (κ2) is 10.0. The number of H-pyrrole nitrogens is 1. The van der Waals surface area contributed by atoms with Crippen LogP contribution in [-0.2, 0) is 36.4 Å². The quantitative estimate of drug-likeness (QED) is 0.130. The largest absolute Gasteiger partial charge is 0.477 e. The third-order valence-corrected chi connectivity index (χ3v) is 8.35. The molecule has 0 saturated carbocycles. The fourth-order valence-electron chi connectivity index (χ4n) is 2.50. The van der Waals surface area contributed by atoms with E-state index in [-0.39, 0.29) is 0 Å². The van der Waals surface area contributed by atoms with E-state index in [1.165, 1.54) is 0 Å². The first-order chi connectivity index (χ1) is 14.8. The van der Waals surface area contributed by atoms with Gasteiger partial charge in [0.25, 0.3) is 5.56 Å². The van der Waals surface area contributed by atoms with E-state index < -0.39 is 73.5 Å². The van der Waals surface area contributed by atoms with Crippen molar-refractivity contribution in [2.45, 2.75) is 24.5 Å². The van der Waals surface area contributed by atoms with E-state index in [1.54, 1.807) is 4.98 Å². The Hall–Kier alpha value is -0.880. The van der Waals surface area contributed by atoms with Gasteiger partial charge in [0.2, 0.25) is 0 Å². The number of hydrogen-bond acceptors (Lipinski definition) is 11. The van der Waals surface area contributed by atoms with E-state index in [0.717, 1.165) is 17.1 Å². The fourth-order valence-corrected chi connectivity index (χ4v) is 6.50. The van der Waals surface area contributed by atoms with Crippen molar-refractivity contribution in [3.63, 3.8) is 0 Å². The Balaban J connectivity index is 2.35. The molecular formula is C9H17N3O17P4. The van der Waals surface area contributed by atoms with Crippen molar-refractivity contribution >= 4 is 31.1 Å². The monoisotopic (exact) mass is 563 g/mol. The molecule has 2 unspecified atom stereocenters. The second-order valence-electron chi connectivity index (χ2n) is 6.14. The Labute approximate surface area is 181 Å². The molecular weight excluding hydrogens is 546 g/mol. The summed E-state index contributed by atoms with van der Waals surface area (Å²) in [6.45, 7) is -1.04. The van der Waals surface area contributed by atoms with Crippen LogP contribution in [0.3, 0.4) is 0 Å². The Kier molecular flexibility index (Phi) is 8.60. The number of phosphoric ester groups is 1. The molecule has 33 heavy (non-hydrogen) atoms. The lowest BCUT2D eigenvalue weighted by atomic mass is 10.1. The zero-order valence-corrected chi connectivity index (χ0v) is 19.2. The van der Waals surface area contributed by atoms with Crippen LogP contribution in [0.25, 0.3) is 0 Å². The minimum Gasteiger partial charge on any atom is -0.387 e. The topological polar surface area (TPSA) is 314 Å². The molecule has 24 heteroatoms. The summed E-state index contributed by atoms with van der Waals surface area (Å²) in [5.41, 5.74) is -2.07. The first kappa shape index (κ1) is 28.4. The van der Waals surface area contributed by atoms with E-state index in [1.807, 2.05) is 0 Å². The number of hydrogen-bond donors (Lipinski definition) is 9. The molecule has 1 fully saturated rings. The highest BCUT2D eigenvalue weighted by Crippen LogP contribution is 2.60. The molecule has 0 aliphatic carbocycles. The summed E-state index contributed by atoms with van der Waals surface area (Å²) in [5, 5.41) is 10.4. The lowest BCUT2D eigenvalue weighted by molar-refractivity contribution is -0.0523. The van der Waals surface area contributed by atoms with Crippen molar-refractivity contribution < 1.29 is 70.8 Å². The predicted molar refractivity (Wildman–Crippen MR) is 100 cm³/mol. The number of ether oxygens (including phenoxy) is 1. The van der Waals surface area contributed by atoms with Crippen LogP contribution in [-0.4, -0.2) is 68.9 Å². The Morgan fingerprint density at radius 3 is 2.15 bits per heavy atom. The summed E-state index contributed by atoms with van der Waals surface area (Å²) in [6.07, 6.45) is -7.04. The van der Waals surface area contributed by atoms with Crippen LogP contribution >= 0.6 is 31.1 Å². The van der Waals surface area contributed by atoms with Crippen LogP contribution in [0.4, 0.5) is 0 Å². The number of aromatic amines is 1. The summed E-state index contributed by atoms with van der Waals surface area (Å²) in [6, 6.07) is 0.792. The summed E-state index contributed by atoms with van der Waals surface area (Å²) in [5.74, 6) is 0. The van der Waals surface area contributed by atoms with Crippen LogP contribution < -0.4 is 16.1 Å². The fraction of sp³-hybridized carbons (Fsp3) is 0.556. The third kappa shape index (κ3) is 8.69. The number of rotatable bonds is 10. The Morgan fingerprint density at radius 1 is 1.03 bits per heavy atom. The number of aromatic nitrogens is 2. The summed E-state index contributed by atoms with van der Waals surface area (Å²) >= 11 is 0. The molecule has 0 radical (unpaired) electrons. The SMILES string of the molecule is O=c1ccn([C@@H]2O[C@H](COP(=O)(O)O)[C@@H](O)[C@H]2OP(=O)(O)NP(=O)(O)OP(=O)(O)O)c(=O)[nH]1. The van der Waals surface area contributed by atoms with E-state index >= 15 is 0 Å². The van der Waals surface area contributed by atoms with Crippen molar-refractivity contribution in [2.75, 3.05) is 6.61 Å². The van der Waals surface area contributed by atoms with Gasteiger partial charge in [0.15, 0.2) is 6.23 Å². The lowest BCUT2D eigenvalue weighted by Crippen LogP contribution is -2.39. The van der Waals surface area contributed by atoms with Crippen LogP contribution in [0.5, 0.6) is 0 Å². The molecule has 6 atom stereocenters. The molecule has 1 saturated heterocycles. The van der Waals surface area contributed by atoms with E-state index in [4.69, 9.17) is 24.3 Å². The Bertz CT molecular complexity index is 1170. The van der Waals surface area contributed by atoms with Crippen molar-refractivity contribution in [2.24, 2.45) is 0 Å². The van der Waals surface area contributed by atoms with Crippen molar-refractivity contribution in [1.82, 2.24) is 14.4 Å². The van der Waals surface area contributed by atoms with Gasteiger partial charge >= 0.3 is 36.8 Å². The zero-order chi connectivity index (χ0) is 25.4. The number of aliphatic hydroxyl groups excluding tert-OH is 1. The molecule has 1 aromatic heterocycles. The number of phosphoric acid groups is 2. The zero-order valence-electron chi connectivity index (χ0n) is 15.6. The molecule has 2 rings (SSSR count). The molecule has 1 aliphatic rings. The number of nitrogens with zero attached hydrogens (tertiary/aromatic N) is 1. The van der Waals surface area contributed by atoms with Crippen molar-refractivity contribution in [1.29, 1.82) is 0 Å². The lowest BCUT2D eigenvalue weighted by Gasteiger charge is -2.25. The summed E-state index contributed by atoms with van der Waals surface area (Å²) < 4.78 is 63.5. The maximum absolute atomic E-state index is 12.2. The number of aliphatic hydroxyl groups is 1. The molecule has 20 nitrogen and oxygen atoms in total. The van der Waals surface area contributed by atoms with Crippen molar-refractivity contribution in [3.8, 4) is 0 Å². The second-order valence-corrected chi connectivity index (χ2v) is 12.1. The van der Waals surface area contributed by atoms with Gasteiger partial charge in [-0.05, 0) is 0 Å². The molecule has 9 N–H and O–H groups in total. The normalized spacial score (nSPS) is 27.7. The van der Waals surface area contributed by atoms with E-state index in [2.05, 4.69) is 13.4 Å². The first-order valence-corrected chi connectivity index (χ1v) is 14.3. The molecule has 1 aliphatic heterocycles. The molecule has 2 heterocycles.